The predicted molar refractivity (Wildman–Crippen MR) is 84.3 cm³/mol. The predicted octanol–water partition coefficient (Wildman–Crippen LogP) is 3.06. The van der Waals surface area contributed by atoms with Crippen LogP contribution in [0.4, 0.5) is 0 Å². The van der Waals surface area contributed by atoms with Gasteiger partial charge in [0.05, 0.1) is 12.1 Å². The van der Waals surface area contributed by atoms with Crippen LogP contribution in [-0.4, -0.2) is 17.6 Å². The molecule has 0 bridgehead atoms. The molecule has 1 atom stereocenters. The molecule has 0 aliphatic heterocycles. The highest BCUT2D eigenvalue weighted by molar-refractivity contribution is 6.17. The number of amides is 1. The first-order valence-corrected chi connectivity index (χ1v) is 7.26. The van der Waals surface area contributed by atoms with E-state index in [1.165, 1.54) is 0 Å². The molecule has 2 aromatic carbocycles. The lowest BCUT2D eigenvalue weighted by Gasteiger charge is -2.29. The van der Waals surface area contributed by atoms with Crippen LogP contribution in [0.15, 0.2) is 54.6 Å². The zero-order valence-electron chi connectivity index (χ0n) is 11.8. The highest BCUT2D eigenvalue weighted by Crippen LogP contribution is 2.20. The maximum absolute atomic E-state index is 12.4. The fourth-order valence-corrected chi connectivity index (χ4v) is 2.29. The summed E-state index contributed by atoms with van der Waals surface area (Å²) >= 11 is 5.79. The van der Waals surface area contributed by atoms with Gasteiger partial charge in [-0.2, -0.15) is 0 Å². The quantitative estimate of drug-likeness (QED) is 0.834. The molecule has 1 amide bonds. The first-order chi connectivity index (χ1) is 10.1. The standard InChI is InChI=1S/C17H18ClNO2/c1-17(12-20,15-8-3-2-4-9-15)19-16(21)14-7-5-6-13(10-14)11-18/h2-10,20H,11-12H2,1H3,(H,19,21). The van der Waals surface area contributed by atoms with E-state index in [0.29, 0.717) is 11.4 Å². The molecule has 4 heteroatoms. The number of nitrogens with one attached hydrogen (secondary N) is 1. The van der Waals surface area contributed by atoms with E-state index in [-0.39, 0.29) is 12.5 Å². The van der Waals surface area contributed by atoms with Crippen molar-refractivity contribution in [1.29, 1.82) is 0 Å². The van der Waals surface area contributed by atoms with E-state index in [9.17, 15) is 9.90 Å². The van der Waals surface area contributed by atoms with Gasteiger partial charge in [0.25, 0.3) is 5.91 Å². The molecule has 0 aliphatic carbocycles. The number of aliphatic hydroxyl groups excluding tert-OH is 1. The van der Waals surface area contributed by atoms with E-state index < -0.39 is 5.54 Å². The maximum Gasteiger partial charge on any atom is 0.252 e. The van der Waals surface area contributed by atoms with E-state index in [2.05, 4.69) is 5.32 Å². The van der Waals surface area contributed by atoms with Crippen molar-refractivity contribution in [3.8, 4) is 0 Å². The number of carbonyl (C=O) groups excluding carboxylic acids is 1. The summed E-state index contributed by atoms with van der Waals surface area (Å²) < 4.78 is 0. The first-order valence-electron chi connectivity index (χ1n) is 6.73. The van der Waals surface area contributed by atoms with Crippen LogP contribution in [0.25, 0.3) is 0 Å². The van der Waals surface area contributed by atoms with Gasteiger partial charge in [0.15, 0.2) is 0 Å². The molecule has 1 unspecified atom stereocenters. The number of rotatable bonds is 5. The minimum atomic E-state index is -0.824. The Kier molecular flexibility index (Phi) is 4.99. The van der Waals surface area contributed by atoms with Crippen molar-refractivity contribution >= 4 is 17.5 Å². The van der Waals surface area contributed by atoms with Crippen molar-refractivity contribution in [2.75, 3.05) is 6.61 Å². The van der Waals surface area contributed by atoms with Gasteiger partial charge in [-0.1, -0.05) is 42.5 Å². The van der Waals surface area contributed by atoms with Crippen molar-refractivity contribution in [3.05, 3.63) is 71.3 Å². The minimum absolute atomic E-state index is 0.183. The van der Waals surface area contributed by atoms with Gasteiger partial charge in [0.2, 0.25) is 0 Å². The average molecular weight is 304 g/mol. The Morgan fingerprint density at radius 3 is 2.52 bits per heavy atom. The normalized spacial score (nSPS) is 13.5. The summed E-state index contributed by atoms with van der Waals surface area (Å²) in [6.45, 7) is 1.61. The maximum atomic E-state index is 12.4. The van der Waals surface area contributed by atoms with Gasteiger partial charge in [0, 0.05) is 11.4 Å². The molecule has 110 valence electrons. The van der Waals surface area contributed by atoms with Crippen LogP contribution in [0.1, 0.15) is 28.4 Å². The number of hydrogen-bond acceptors (Lipinski definition) is 2. The van der Waals surface area contributed by atoms with Crippen LogP contribution in [0.3, 0.4) is 0 Å². The molecule has 0 heterocycles. The van der Waals surface area contributed by atoms with E-state index in [4.69, 9.17) is 11.6 Å². The molecule has 0 saturated heterocycles. The molecule has 2 rings (SSSR count). The van der Waals surface area contributed by atoms with Crippen molar-refractivity contribution in [3.63, 3.8) is 0 Å². The summed E-state index contributed by atoms with van der Waals surface area (Å²) in [6.07, 6.45) is 0. The molecule has 0 radical (unpaired) electrons. The molecule has 0 aromatic heterocycles. The summed E-state index contributed by atoms with van der Waals surface area (Å²) in [5.74, 6) is 0.124. The molecule has 2 aromatic rings. The van der Waals surface area contributed by atoms with Gasteiger partial charge in [-0.3, -0.25) is 4.79 Å². The summed E-state index contributed by atoms with van der Waals surface area (Å²) in [4.78, 5) is 12.4. The van der Waals surface area contributed by atoms with E-state index in [1.807, 2.05) is 36.4 Å². The van der Waals surface area contributed by atoms with Crippen molar-refractivity contribution < 1.29 is 9.90 Å². The van der Waals surface area contributed by atoms with Crippen molar-refractivity contribution in [1.82, 2.24) is 5.32 Å². The van der Waals surface area contributed by atoms with E-state index in [1.54, 1.807) is 25.1 Å². The lowest BCUT2D eigenvalue weighted by Crippen LogP contribution is -2.46. The summed E-state index contributed by atoms with van der Waals surface area (Å²) in [6, 6.07) is 16.6. The SMILES string of the molecule is CC(CO)(NC(=O)c1cccc(CCl)c1)c1ccccc1. The lowest BCUT2D eigenvalue weighted by atomic mass is 9.92. The second-order valence-corrected chi connectivity index (χ2v) is 5.41. The van der Waals surface area contributed by atoms with Gasteiger partial charge >= 0.3 is 0 Å². The molecular formula is C17H18ClNO2. The second-order valence-electron chi connectivity index (χ2n) is 5.14. The first kappa shape index (κ1) is 15.5. The molecule has 21 heavy (non-hydrogen) atoms. The van der Waals surface area contributed by atoms with Gasteiger partial charge in [-0.05, 0) is 30.2 Å². The molecule has 2 N–H and O–H groups in total. The smallest absolute Gasteiger partial charge is 0.252 e. The number of carbonyl (C=O) groups is 1. The summed E-state index contributed by atoms with van der Waals surface area (Å²) in [7, 11) is 0. The monoisotopic (exact) mass is 303 g/mol. The van der Waals surface area contributed by atoms with Gasteiger partial charge in [0.1, 0.15) is 0 Å². The minimum Gasteiger partial charge on any atom is -0.394 e. The third kappa shape index (κ3) is 3.63. The largest absolute Gasteiger partial charge is 0.394 e. The second kappa shape index (κ2) is 6.74. The number of halogens is 1. The lowest BCUT2D eigenvalue weighted by molar-refractivity contribution is 0.0849. The molecule has 0 aliphatic rings. The van der Waals surface area contributed by atoms with Crippen LogP contribution in [0.5, 0.6) is 0 Å². The van der Waals surface area contributed by atoms with Gasteiger partial charge in [-0.25, -0.2) is 0 Å². The third-order valence-corrected chi connectivity index (χ3v) is 3.77. The average Bonchev–Trinajstić information content (AvgIpc) is 2.55. The molecule has 0 fully saturated rings. The summed E-state index contributed by atoms with van der Waals surface area (Å²) in [5.41, 5.74) is 1.45. The molecule has 0 saturated carbocycles. The summed E-state index contributed by atoms with van der Waals surface area (Å²) in [5, 5.41) is 12.6. The number of aliphatic hydroxyl groups is 1. The third-order valence-electron chi connectivity index (χ3n) is 3.46. The molecule has 3 nitrogen and oxygen atoms in total. The van der Waals surface area contributed by atoms with E-state index in [0.717, 1.165) is 11.1 Å². The van der Waals surface area contributed by atoms with Crippen molar-refractivity contribution in [2.24, 2.45) is 0 Å². The molecular weight excluding hydrogens is 286 g/mol. The number of alkyl halides is 1. The fourth-order valence-electron chi connectivity index (χ4n) is 2.13. The van der Waals surface area contributed by atoms with Crippen LogP contribution in [0.2, 0.25) is 0 Å². The Morgan fingerprint density at radius 2 is 1.90 bits per heavy atom. The highest BCUT2D eigenvalue weighted by Gasteiger charge is 2.28. The Morgan fingerprint density at radius 1 is 1.19 bits per heavy atom. The van der Waals surface area contributed by atoms with Crippen LogP contribution in [-0.2, 0) is 11.4 Å². The van der Waals surface area contributed by atoms with Crippen LogP contribution < -0.4 is 5.32 Å². The van der Waals surface area contributed by atoms with Gasteiger partial charge < -0.3 is 10.4 Å². The number of benzene rings is 2. The number of hydrogen-bond donors (Lipinski definition) is 2. The van der Waals surface area contributed by atoms with Crippen molar-refractivity contribution in [2.45, 2.75) is 18.3 Å². The zero-order chi connectivity index (χ0) is 15.3. The fraction of sp³-hybridized carbons (Fsp3) is 0.235. The highest BCUT2D eigenvalue weighted by atomic mass is 35.5. The van der Waals surface area contributed by atoms with Crippen LogP contribution in [0, 0.1) is 0 Å². The Bertz CT molecular complexity index is 615. The Balaban J connectivity index is 2.23. The van der Waals surface area contributed by atoms with Gasteiger partial charge in [-0.15, -0.1) is 11.6 Å². The zero-order valence-corrected chi connectivity index (χ0v) is 12.6. The molecule has 0 spiro atoms. The van der Waals surface area contributed by atoms with Crippen LogP contribution >= 0.6 is 11.6 Å². The Labute approximate surface area is 129 Å². The van der Waals surface area contributed by atoms with E-state index >= 15 is 0 Å². The Hall–Kier alpha value is -1.84. The topological polar surface area (TPSA) is 49.3 Å².